The smallest absolute Gasteiger partial charge is 0.305 e. The maximum absolute atomic E-state index is 11.4. The minimum absolute atomic E-state index is 0.0474. The van der Waals surface area contributed by atoms with Crippen molar-refractivity contribution in [3.8, 4) is 0 Å². The topological polar surface area (TPSA) is 26.3 Å². The Morgan fingerprint density at radius 2 is 1.94 bits per heavy atom. The van der Waals surface area contributed by atoms with Crippen molar-refractivity contribution >= 4 is 5.97 Å². The summed E-state index contributed by atoms with van der Waals surface area (Å²) < 4.78 is 5.59. The number of carbonyl (C=O) groups excluding carboxylic acids is 1. The van der Waals surface area contributed by atoms with Crippen LogP contribution in [0.1, 0.15) is 60.3 Å². The summed E-state index contributed by atoms with van der Waals surface area (Å²) in [6.07, 6.45) is 4.04. The molecule has 0 aromatic rings. The highest BCUT2D eigenvalue weighted by Gasteiger charge is 2.38. The van der Waals surface area contributed by atoms with E-state index in [9.17, 15) is 4.79 Å². The van der Waals surface area contributed by atoms with Crippen LogP contribution >= 0.6 is 0 Å². The highest BCUT2D eigenvalue weighted by atomic mass is 16.5. The van der Waals surface area contributed by atoms with E-state index in [1.165, 1.54) is 12.8 Å². The van der Waals surface area contributed by atoms with E-state index < -0.39 is 0 Å². The Morgan fingerprint density at radius 1 is 1.31 bits per heavy atom. The fraction of sp³-hybridized carbons (Fsp3) is 0.929. The summed E-state index contributed by atoms with van der Waals surface area (Å²) in [5.74, 6) is 1.22. The highest BCUT2D eigenvalue weighted by Crippen LogP contribution is 2.41. The summed E-state index contributed by atoms with van der Waals surface area (Å²) in [7, 11) is 0. The quantitative estimate of drug-likeness (QED) is 0.670. The largest absolute Gasteiger partial charge is 0.462 e. The molecule has 0 amide bonds. The molecule has 3 unspecified atom stereocenters. The molecule has 0 N–H and O–H groups in total. The zero-order valence-corrected chi connectivity index (χ0v) is 11.4. The Hall–Kier alpha value is -0.530. The molecular weight excluding hydrogens is 200 g/mol. The van der Waals surface area contributed by atoms with Crippen molar-refractivity contribution in [2.24, 2.45) is 17.3 Å². The van der Waals surface area contributed by atoms with Gasteiger partial charge in [0.25, 0.3) is 0 Å². The molecule has 0 aromatic carbocycles. The molecule has 1 saturated carbocycles. The van der Waals surface area contributed by atoms with Gasteiger partial charge in [-0.25, -0.2) is 0 Å². The van der Waals surface area contributed by atoms with Gasteiger partial charge >= 0.3 is 5.97 Å². The Labute approximate surface area is 99.8 Å². The average molecular weight is 226 g/mol. The van der Waals surface area contributed by atoms with Crippen LogP contribution in [-0.4, -0.2) is 12.1 Å². The number of rotatable bonds is 2. The van der Waals surface area contributed by atoms with Crippen molar-refractivity contribution in [1.82, 2.24) is 0 Å². The first-order valence-electron chi connectivity index (χ1n) is 6.54. The Morgan fingerprint density at radius 3 is 2.44 bits per heavy atom. The first-order chi connectivity index (χ1) is 7.34. The van der Waals surface area contributed by atoms with Crippen LogP contribution in [0.2, 0.25) is 0 Å². The average Bonchev–Trinajstić information content (AvgIpc) is 2.19. The van der Waals surface area contributed by atoms with E-state index >= 15 is 0 Å². The molecule has 3 atom stereocenters. The molecule has 0 radical (unpaired) electrons. The predicted molar refractivity (Wildman–Crippen MR) is 66.1 cm³/mol. The number of hydrogen-bond acceptors (Lipinski definition) is 2. The molecule has 0 saturated heterocycles. The van der Waals surface area contributed by atoms with Crippen LogP contribution < -0.4 is 0 Å². The number of esters is 1. The minimum Gasteiger partial charge on any atom is -0.462 e. The molecule has 16 heavy (non-hydrogen) atoms. The third-order valence-electron chi connectivity index (χ3n) is 3.73. The summed E-state index contributed by atoms with van der Waals surface area (Å²) >= 11 is 0. The van der Waals surface area contributed by atoms with Crippen LogP contribution in [0.4, 0.5) is 0 Å². The third-order valence-corrected chi connectivity index (χ3v) is 3.73. The van der Waals surface area contributed by atoms with Crippen molar-refractivity contribution in [2.75, 3.05) is 0 Å². The lowest BCUT2D eigenvalue weighted by atomic mass is 9.68. The van der Waals surface area contributed by atoms with Crippen LogP contribution in [0.25, 0.3) is 0 Å². The van der Waals surface area contributed by atoms with Gasteiger partial charge in [-0.15, -0.1) is 0 Å². The molecule has 0 spiro atoms. The molecular formula is C14H26O2. The molecule has 1 fully saturated rings. The summed E-state index contributed by atoms with van der Waals surface area (Å²) in [6.45, 7) is 10.9. The van der Waals surface area contributed by atoms with Crippen molar-refractivity contribution in [1.29, 1.82) is 0 Å². The van der Waals surface area contributed by atoms with Crippen LogP contribution in [0, 0.1) is 17.3 Å². The number of carbonyl (C=O) groups is 1. The zero-order valence-electron chi connectivity index (χ0n) is 11.4. The van der Waals surface area contributed by atoms with Crippen molar-refractivity contribution < 1.29 is 9.53 Å². The van der Waals surface area contributed by atoms with E-state index in [0.717, 1.165) is 12.3 Å². The van der Waals surface area contributed by atoms with Gasteiger partial charge in [0.1, 0.15) is 6.10 Å². The van der Waals surface area contributed by atoms with E-state index in [4.69, 9.17) is 4.74 Å². The first-order valence-corrected chi connectivity index (χ1v) is 6.54. The molecule has 2 nitrogen and oxygen atoms in total. The van der Waals surface area contributed by atoms with Gasteiger partial charge in [-0.3, -0.25) is 4.79 Å². The van der Waals surface area contributed by atoms with Gasteiger partial charge in [-0.1, -0.05) is 34.6 Å². The second-order valence-corrected chi connectivity index (χ2v) is 6.27. The fourth-order valence-corrected chi connectivity index (χ4v) is 2.66. The minimum atomic E-state index is -0.0474. The highest BCUT2D eigenvalue weighted by molar-refractivity contribution is 5.69. The Balaban J connectivity index is 2.69. The maximum Gasteiger partial charge on any atom is 0.305 e. The SMILES string of the molecule is CCC(=O)OC1CCC(C)CC1C(C)(C)C. The second kappa shape index (κ2) is 5.20. The van der Waals surface area contributed by atoms with Crippen LogP contribution in [0.15, 0.2) is 0 Å². The number of hydrogen-bond donors (Lipinski definition) is 0. The fourth-order valence-electron chi connectivity index (χ4n) is 2.66. The normalized spacial score (nSPS) is 31.2. The monoisotopic (exact) mass is 226 g/mol. The van der Waals surface area contributed by atoms with Gasteiger partial charge in [0, 0.05) is 12.3 Å². The molecule has 1 rings (SSSR count). The lowest BCUT2D eigenvalue weighted by Crippen LogP contribution is -2.39. The lowest BCUT2D eigenvalue weighted by Gasteiger charge is -2.42. The van der Waals surface area contributed by atoms with E-state index in [0.29, 0.717) is 12.3 Å². The van der Waals surface area contributed by atoms with E-state index in [2.05, 4.69) is 27.7 Å². The molecule has 1 aliphatic carbocycles. The maximum atomic E-state index is 11.4. The summed E-state index contributed by atoms with van der Waals surface area (Å²) in [5.41, 5.74) is 0.230. The Kier molecular flexibility index (Phi) is 4.40. The van der Waals surface area contributed by atoms with Crippen molar-refractivity contribution in [3.05, 3.63) is 0 Å². The molecule has 2 heteroatoms. The Bertz CT molecular complexity index is 240. The summed E-state index contributed by atoms with van der Waals surface area (Å²) in [5, 5.41) is 0. The predicted octanol–water partition coefficient (Wildman–Crippen LogP) is 3.79. The molecule has 0 aromatic heterocycles. The van der Waals surface area contributed by atoms with Gasteiger partial charge in [-0.2, -0.15) is 0 Å². The lowest BCUT2D eigenvalue weighted by molar-refractivity contribution is -0.157. The van der Waals surface area contributed by atoms with Gasteiger partial charge in [0.15, 0.2) is 0 Å². The van der Waals surface area contributed by atoms with Crippen LogP contribution in [0.3, 0.4) is 0 Å². The van der Waals surface area contributed by atoms with Crippen molar-refractivity contribution in [2.45, 2.75) is 66.4 Å². The summed E-state index contributed by atoms with van der Waals surface area (Å²) in [6, 6.07) is 0. The van der Waals surface area contributed by atoms with Crippen LogP contribution in [0.5, 0.6) is 0 Å². The van der Waals surface area contributed by atoms with Crippen LogP contribution in [-0.2, 0) is 9.53 Å². The molecule has 1 aliphatic rings. The zero-order chi connectivity index (χ0) is 12.3. The van der Waals surface area contributed by atoms with Gasteiger partial charge < -0.3 is 4.74 Å². The molecule has 0 bridgehead atoms. The first kappa shape index (κ1) is 13.5. The second-order valence-electron chi connectivity index (χ2n) is 6.27. The standard InChI is InChI=1S/C14H26O2/c1-6-13(15)16-12-8-7-10(2)9-11(12)14(3,4)5/h10-12H,6-9H2,1-5H3. The third kappa shape index (κ3) is 3.50. The number of ether oxygens (including phenoxy) is 1. The van der Waals surface area contributed by atoms with Gasteiger partial charge in [0.05, 0.1) is 0 Å². The summed E-state index contributed by atoms with van der Waals surface area (Å²) in [4.78, 5) is 11.4. The van der Waals surface area contributed by atoms with E-state index in [1.807, 2.05) is 6.92 Å². The molecule has 0 aliphatic heterocycles. The van der Waals surface area contributed by atoms with Crippen molar-refractivity contribution in [3.63, 3.8) is 0 Å². The van der Waals surface area contributed by atoms with Gasteiger partial charge in [-0.05, 0) is 30.6 Å². The molecule has 94 valence electrons. The van der Waals surface area contributed by atoms with Gasteiger partial charge in [0.2, 0.25) is 0 Å². The molecule has 0 heterocycles. The van der Waals surface area contributed by atoms with E-state index in [-0.39, 0.29) is 17.5 Å². The van der Waals surface area contributed by atoms with E-state index in [1.54, 1.807) is 0 Å².